The van der Waals surface area contributed by atoms with E-state index in [1.807, 2.05) is 0 Å². The summed E-state index contributed by atoms with van der Waals surface area (Å²) in [6, 6.07) is 4.57. The first-order valence-corrected chi connectivity index (χ1v) is 11.2. The molecule has 0 radical (unpaired) electrons. The van der Waals surface area contributed by atoms with Crippen molar-refractivity contribution in [2.75, 3.05) is 0 Å². The molecule has 0 aromatic heterocycles. The number of benzene rings is 1. The lowest BCUT2D eigenvalue weighted by molar-refractivity contribution is -0.143. The van der Waals surface area contributed by atoms with Crippen molar-refractivity contribution < 1.29 is 9.90 Å². The number of carboxylic acids is 1. The Morgan fingerprint density at radius 1 is 0.852 bits per heavy atom. The average Bonchev–Trinajstić information content (AvgIpc) is 3.54. The van der Waals surface area contributed by atoms with E-state index < -0.39 is 5.97 Å². The van der Waals surface area contributed by atoms with Crippen molar-refractivity contribution in [3.8, 4) is 0 Å². The Labute approximate surface area is 165 Å². The van der Waals surface area contributed by atoms with Gasteiger partial charge in [-0.15, -0.1) is 0 Å². The maximum absolute atomic E-state index is 11.3. The van der Waals surface area contributed by atoms with Crippen LogP contribution in [0, 0.1) is 24.7 Å². The van der Waals surface area contributed by atoms with E-state index in [0.29, 0.717) is 5.41 Å². The Kier molecular flexibility index (Phi) is 6.33. The fourth-order valence-electron chi connectivity index (χ4n) is 4.60. The number of aliphatic carboxylic acids is 1. The summed E-state index contributed by atoms with van der Waals surface area (Å²) in [7, 11) is 0. The van der Waals surface area contributed by atoms with Gasteiger partial charge in [0, 0.05) is 0 Å². The first kappa shape index (κ1) is 20.4. The molecule has 0 amide bonds. The topological polar surface area (TPSA) is 37.3 Å². The molecule has 27 heavy (non-hydrogen) atoms. The third-order valence-corrected chi connectivity index (χ3v) is 7.35. The van der Waals surface area contributed by atoms with Crippen LogP contribution in [0.2, 0.25) is 0 Å². The summed E-state index contributed by atoms with van der Waals surface area (Å²) >= 11 is 0. The minimum Gasteiger partial charge on any atom is -0.481 e. The van der Waals surface area contributed by atoms with Crippen molar-refractivity contribution in [3.63, 3.8) is 0 Å². The quantitative estimate of drug-likeness (QED) is 0.412. The molecule has 0 bridgehead atoms. The summed E-state index contributed by atoms with van der Waals surface area (Å²) in [6.07, 6.45) is 15.4. The molecule has 0 heterocycles. The molecule has 2 heteroatoms. The predicted octanol–water partition coefficient (Wildman–Crippen LogP) is 6.78. The number of aryl methyl sites for hydroxylation is 2. The number of carbonyl (C=O) groups is 1. The predicted molar refractivity (Wildman–Crippen MR) is 112 cm³/mol. The second kappa shape index (κ2) is 8.37. The van der Waals surface area contributed by atoms with Gasteiger partial charge in [-0.05, 0) is 106 Å². The lowest BCUT2D eigenvalue weighted by Gasteiger charge is -2.17. The number of carboxylic acid groups (broad SMARTS) is 1. The van der Waals surface area contributed by atoms with Gasteiger partial charge in [0.05, 0.1) is 5.41 Å². The number of hydrogen-bond donors (Lipinski definition) is 1. The zero-order valence-electron chi connectivity index (χ0n) is 17.7. The van der Waals surface area contributed by atoms with Gasteiger partial charge in [0.25, 0.3) is 0 Å². The molecule has 2 saturated carbocycles. The molecule has 0 atom stereocenters. The number of hydrogen-bond acceptors (Lipinski definition) is 1. The molecule has 1 N–H and O–H groups in total. The van der Waals surface area contributed by atoms with E-state index in [1.165, 1.54) is 56.1 Å². The van der Waals surface area contributed by atoms with Gasteiger partial charge < -0.3 is 5.11 Å². The molecule has 3 rings (SSSR count). The Balaban J connectivity index is 1.46. The maximum Gasteiger partial charge on any atom is 0.309 e. The van der Waals surface area contributed by atoms with Crippen LogP contribution in [0.4, 0.5) is 0 Å². The molecule has 1 aromatic rings. The highest BCUT2D eigenvalue weighted by Gasteiger charge is 2.49. The SMILES string of the molecule is Cc1ccc(C)c(CCCCC2(C)CC2)c1CCCCCC1(C(=O)O)CC1. The van der Waals surface area contributed by atoms with Gasteiger partial charge in [-0.2, -0.15) is 0 Å². The van der Waals surface area contributed by atoms with Crippen LogP contribution < -0.4 is 0 Å². The smallest absolute Gasteiger partial charge is 0.309 e. The zero-order chi connectivity index (χ0) is 19.5. The average molecular weight is 371 g/mol. The van der Waals surface area contributed by atoms with Gasteiger partial charge in [0.1, 0.15) is 0 Å². The van der Waals surface area contributed by atoms with Crippen molar-refractivity contribution in [2.24, 2.45) is 10.8 Å². The molecule has 150 valence electrons. The van der Waals surface area contributed by atoms with E-state index in [0.717, 1.165) is 38.5 Å². The number of rotatable bonds is 12. The van der Waals surface area contributed by atoms with Gasteiger partial charge in [-0.1, -0.05) is 38.3 Å². The summed E-state index contributed by atoms with van der Waals surface area (Å²) in [5.74, 6) is -0.570. The minimum atomic E-state index is -0.570. The van der Waals surface area contributed by atoms with Crippen molar-refractivity contribution in [2.45, 2.75) is 104 Å². The molecule has 0 unspecified atom stereocenters. The fraction of sp³-hybridized carbons (Fsp3) is 0.720. The largest absolute Gasteiger partial charge is 0.481 e. The van der Waals surface area contributed by atoms with Crippen LogP contribution in [0.3, 0.4) is 0 Å². The van der Waals surface area contributed by atoms with Crippen molar-refractivity contribution >= 4 is 5.97 Å². The van der Waals surface area contributed by atoms with E-state index in [1.54, 1.807) is 11.1 Å². The molecule has 0 aliphatic heterocycles. The molecule has 1 aromatic carbocycles. The maximum atomic E-state index is 11.3. The highest BCUT2D eigenvalue weighted by Crippen LogP contribution is 2.50. The second-order valence-corrected chi connectivity index (χ2v) is 9.82. The van der Waals surface area contributed by atoms with Gasteiger partial charge in [-0.3, -0.25) is 4.79 Å². The molecule has 0 saturated heterocycles. The van der Waals surface area contributed by atoms with E-state index in [4.69, 9.17) is 0 Å². The molecule has 2 nitrogen and oxygen atoms in total. The second-order valence-electron chi connectivity index (χ2n) is 9.82. The summed E-state index contributed by atoms with van der Waals surface area (Å²) < 4.78 is 0. The summed E-state index contributed by atoms with van der Waals surface area (Å²) in [5.41, 5.74) is 6.40. The van der Waals surface area contributed by atoms with Gasteiger partial charge in [0.15, 0.2) is 0 Å². The molecule has 0 spiro atoms. The van der Waals surface area contributed by atoms with Crippen molar-refractivity contribution in [1.82, 2.24) is 0 Å². The van der Waals surface area contributed by atoms with Crippen LogP contribution in [-0.2, 0) is 17.6 Å². The fourth-order valence-corrected chi connectivity index (χ4v) is 4.60. The standard InChI is InChI=1S/C25H38O2/c1-19-11-12-20(2)22(10-6-8-13-24(3)15-16-24)21(19)9-5-4-7-14-25(17-18-25)23(26)27/h11-12H,4-10,13-18H2,1-3H3,(H,26,27). The molecular weight excluding hydrogens is 332 g/mol. The van der Waals surface area contributed by atoms with E-state index in [9.17, 15) is 9.90 Å². The zero-order valence-corrected chi connectivity index (χ0v) is 17.7. The van der Waals surface area contributed by atoms with Crippen molar-refractivity contribution in [3.05, 3.63) is 34.4 Å². The molecule has 2 aliphatic carbocycles. The normalized spacial score (nSPS) is 19.1. The minimum absolute atomic E-state index is 0.345. The highest BCUT2D eigenvalue weighted by atomic mass is 16.4. The van der Waals surface area contributed by atoms with Gasteiger partial charge in [-0.25, -0.2) is 0 Å². The van der Waals surface area contributed by atoms with Crippen LogP contribution in [0.25, 0.3) is 0 Å². The van der Waals surface area contributed by atoms with E-state index in [-0.39, 0.29) is 5.41 Å². The van der Waals surface area contributed by atoms with Crippen LogP contribution in [0.1, 0.15) is 99.8 Å². The monoisotopic (exact) mass is 370 g/mol. The first-order valence-electron chi connectivity index (χ1n) is 11.2. The third kappa shape index (κ3) is 5.36. The van der Waals surface area contributed by atoms with Gasteiger partial charge >= 0.3 is 5.97 Å². The van der Waals surface area contributed by atoms with Crippen molar-refractivity contribution in [1.29, 1.82) is 0 Å². The van der Waals surface area contributed by atoms with Crippen LogP contribution >= 0.6 is 0 Å². The first-order chi connectivity index (χ1) is 12.9. The molecular formula is C25H38O2. The Bertz CT molecular complexity index is 665. The molecule has 2 aliphatic rings. The Morgan fingerprint density at radius 2 is 1.37 bits per heavy atom. The van der Waals surface area contributed by atoms with Crippen LogP contribution in [0.15, 0.2) is 12.1 Å². The number of unbranched alkanes of at least 4 members (excludes halogenated alkanes) is 3. The van der Waals surface area contributed by atoms with Crippen LogP contribution in [0.5, 0.6) is 0 Å². The Morgan fingerprint density at radius 3 is 1.85 bits per heavy atom. The Hall–Kier alpha value is -1.31. The lowest BCUT2D eigenvalue weighted by atomic mass is 9.89. The highest BCUT2D eigenvalue weighted by molar-refractivity contribution is 5.77. The van der Waals surface area contributed by atoms with Gasteiger partial charge in [0.2, 0.25) is 0 Å². The third-order valence-electron chi connectivity index (χ3n) is 7.35. The lowest BCUT2D eigenvalue weighted by Crippen LogP contribution is -2.14. The summed E-state index contributed by atoms with van der Waals surface area (Å²) in [5, 5.41) is 9.30. The van der Waals surface area contributed by atoms with Crippen LogP contribution in [-0.4, -0.2) is 11.1 Å². The van der Waals surface area contributed by atoms with E-state index in [2.05, 4.69) is 32.9 Å². The van der Waals surface area contributed by atoms with E-state index >= 15 is 0 Å². The summed E-state index contributed by atoms with van der Waals surface area (Å²) in [6.45, 7) is 6.96. The summed E-state index contributed by atoms with van der Waals surface area (Å²) in [4.78, 5) is 11.3. The molecule has 2 fully saturated rings.